The Morgan fingerprint density at radius 3 is 2.61 bits per heavy atom. The van der Waals surface area contributed by atoms with Gasteiger partial charge in [0.15, 0.2) is 0 Å². The molecule has 2 aromatic carbocycles. The maximum atomic E-state index is 12.7. The lowest BCUT2D eigenvalue weighted by Crippen LogP contribution is -2.39. The molecule has 0 unspecified atom stereocenters. The fourth-order valence-corrected chi connectivity index (χ4v) is 3.13. The number of aryl methyl sites for hydroxylation is 1. The highest BCUT2D eigenvalue weighted by Gasteiger charge is 2.25. The average molecular weight is 308 g/mol. The Morgan fingerprint density at radius 2 is 1.87 bits per heavy atom. The van der Waals surface area contributed by atoms with E-state index in [1.807, 2.05) is 30.1 Å². The first-order valence-electron chi connectivity index (χ1n) is 8.21. The molecule has 2 aromatic rings. The fraction of sp³-hybridized carbons (Fsp3) is 0.350. The summed E-state index contributed by atoms with van der Waals surface area (Å²) < 4.78 is 0. The topological polar surface area (TPSA) is 23.6 Å². The molecule has 0 aromatic heterocycles. The molecule has 23 heavy (non-hydrogen) atoms. The molecule has 0 radical (unpaired) electrons. The van der Waals surface area contributed by atoms with Crippen LogP contribution >= 0.6 is 0 Å². The first kappa shape index (κ1) is 15.8. The lowest BCUT2D eigenvalue weighted by Gasteiger charge is -2.27. The number of likely N-dealkylation sites (N-methyl/N-ethyl adjacent to an activating group) is 1. The van der Waals surface area contributed by atoms with E-state index in [0.717, 1.165) is 18.7 Å². The molecule has 0 saturated heterocycles. The van der Waals surface area contributed by atoms with E-state index in [4.69, 9.17) is 0 Å². The molecule has 0 aliphatic carbocycles. The van der Waals surface area contributed by atoms with Crippen molar-refractivity contribution in [2.45, 2.75) is 26.3 Å². The van der Waals surface area contributed by atoms with Gasteiger partial charge in [0, 0.05) is 18.3 Å². The van der Waals surface area contributed by atoms with Crippen molar-refractivity contribution < 1.29 is 4.79 Å². The number of hydrogen-bond donors (Lipinski definition) is 0. The minimum atomic E-state index is 0.177. The van der Waals surface area contributed by atoms with Crippen LogP contribution in [-0.4, -0.2) is 30.9 Å². The second-order valence-corrected chi connectivity index (χ2v) is 6.43. The quantitative estimate of drug-likeness (QED) is 0.862. The van der Waals surface area contributed by atoms with Crippen LogP contribution in [0.15, 0.2) is 48.5 Å². The maximum Gasteiger partial charge on any atom is 0.241 e. The molecular weight excluding hydrogens is 284 g/mol. The molecule has 120 valence electrons. The molecule has 0 spiro atoms. The third-order valence-corrected chi connectivity index (χ3v) is 4.79. The van der Waals surface area contributed by atoms with E-state index in [-0.39, 0.29) is 11.9 Å². The zero-order chi connectivity index (χ0) is 16.4. The second-order valence-electron chi connectivity index (χ2n) is 6.43. The normalized spacial score (nSPS) is 14.9. The Morgan fingerprint density at radius 1 is 1.17 bits per heavy atom. The van der Waals surface area contributed by atoms with Crippen molar-refractivity contribution >= 4 is 11.6 Å². The third-order valence-electron chi connectivity index (χ3n) is 4.79. The predicted octanol–water partition coefficient (Wildman–Crippen LogP) is 3.58. The van der Waals surface area contributed by atoms with Gasteiger partial charge in [-0.3, -0.25) is 9.69 Å². The SMILES string of the molecule is Cc1ccc([C@H](C)N(C)CC(=O)N2CCc3ccccc32)cc1. The first-order valence-corrected chi connectivity index (χ1v) is 8.21. The van der Waals surface area contributed by atoms with Gasteiger partial charge in [-0.1, -0.05) is 48.0 Å². The number of para-hydroxylation sites is 1. The average Bonchev–Trinajstić information content (AvgIpc) is 2.99. The Labute approximate surface area is 138 Å². The highest BCUT2D eigenvalue weighted by molar-refractivity contribution is 5.96. The van der Waals surface area contributed by atoms with Gasteiger partial charge >= 0.3 is 0 Å². The van der Waals surface area contributed by atoms with Gasteiger partial charge < -0.3 is 4.90 Å². The van der Waals surface area contributed by atoms with E-state index >= 15 is 0 Å². The van der Waals surface area contributed by atoms with Gasteiger partial charge in [-0.25, -0.2) is 0 Å². The number of hydrogen-bond acceptors (Lipinski definition) is 2. The number of anilines is 1. The summed E-state index contributed by atoms with van der Waals surface area (Å²) in [6.07, 6.45) is 0.957. The number of carbonyl (C=O) groups is 1. The van der Waals surface area contributed by atoms with Crippen LogP contribution in [0.25, 0.3) is 0 Å². The van der Waals surface area contributed by atoms with Gasteiger partial charge in [0.2, 0.25) is 5.91 Å². The van der Waals surface area contributed by atoms with Crippen molar-refractivity contribution in [2.24, 2.45) is 0 Å². The summed E-state index contributed by atoms with van der Waals surface area (Å²) in [4.78, 5) is 16.7. The lowest BCUT2D eigenvalue weighted by molar-refractivity contribution is -0.119. The largest absolute Gasteiger partial charge is 0.311 e. The molecule has 3 heteroatoms. The summed E-state index contributed by atoms with van der Waals surface area (Å²) in [5.41, 5.74) is 4.85. The Kier molecular flexibility index (Phi) is 4.49. The van der Waals surface area contributed by atoms with Crippen molar-refractivity contribution in [1.82, 2.24) is 4.90 Å². The molecule has 1 heterocycles. The smallest absolute Gasteiger partial charge is 0.241 e. The second kappa shape index (κ2) is 6.55. The van der Waals surface area contributed by atoms with Gasteiger partial charge in [-0.2, -0.15) is 0 Å². The van der Waals surface area contributed by atoms with Gasteiger partial charge in [-0.15, -0.1) is 0 Å². The molecule has 0 bridgehead atoms. The zero-order valence-electron chi connectivity index (χ0n) is 14.1. The predicted molar refractivity (Wildman–Crippen MR) is 94.7 cm³/mol. The highest BCUT2D eigenvalue weighted by Crippen LogP contribution is 2.28. The molecule has 0 fully saturated rings. The molecule has 0 saturated carbocycles. The number of nitrogens with zero attached hydrogens (tertiary/aromatic N) is 2. The van der Waals surface area contributed by atoms with Crippen molar-refractivity contribution in [3.63, 3.8) is 0 Å². The number of fused-ring (bicyclic) bond motifs is 1. The van der Waals surface area contributed by atoms with Gasteiger partial charge in [0.25, 0.3) is 0 Å². The van der Waals surface area contributed by atoms with Crippen LogP contribution in [0.5, 0.6) is 0 Å². The van der Waals surface area contributed by atoms with Crippen LogP contribution in [0.3, 0.4) is 0 Å². The molecular formula is C20H24N2O. The first-order chi connectivity index (χ1) is 11.1. The van der Waals surface area contributed by atoms with Crippen molar-refractivity contribution in [3.8, 4) is 0 Å². The van der Waals surface area contributed by atoms with Crippen LogP contribution in [-0.2, 0) is 11.2 Å². The summed E-state index contributed by atoms with van der Waals surface area (Å²) >= 11 is 0. The maximum absolute atomic E-state index is 12.7. The van der Waals surface area contributed by atoms with E-state index in [1.54, 1.807) is 0 Å². The number of carbonyl (C=O) groups excluding carboxylic acids is 1. The van der Waals surface area contributed by atoms with Crippen LogP contribution in [0.1, 0.15) is 29.7 Å². The molecule has 1 amide bonds. The van der Waals surface area contributed by atoms with E-state index in [2.05, 4.69) is 49.1 Å². The van der Waals surface area contributed by atoms with Crippen LogP contribution in [0.4, 0.5) is 5.69 Å². The van der Waals surface area contributed by atoms with Crippen molar-refractivity contribution in [1.29, 1.82) is 0 Å². The van der Waals surface area contributed by atoms with Crippen LogP contribution in [0.2, 0.25) is 0 Å². The Bertz CT molecular complexity index is 693. The minimum Gasteiger partial charge on any atom is -0.311 e. The number of amides is 1. The Balaban J connectivity index is 1.67. The zero-order valence-corrected chi connectivity index (χ0v) is 14.1. The summed E-state index contributed by atoms with van der Waals surface area (Å²) in [7, 11) is 2.02. The minimum absolute atomic E-state index is 0.177. The number of benzene rings is 2. The molecule has 3 nitrogen and oxygen atoms in total. The van der Waals surface area contributed by atoms with E-state index in [1.165, 1.54) is 16.7 Å². The van der Waals surface area contributed by atoms with Crippen molar-refractivity contribution in [3.05, 3.63) is 65.2 Å². The number of rotatable bonds is 4. The third kappa shape index (κ3) is 3.30. The summed E-state index contributed by atoms with van der Waals surface area (Å²) in [5, 5.41) is 0. The molecule has 3 rings (SSSR count). The van der Waals surface area contributed by atoms with Gasteiger partial charge in [-0.05, 0) is 44.5 Å². The Hall–Kier alpha value is -2.13. The fourth-order valence-electron chi connectivity index (χ4n) is 3.13. The van der Waals surface area contributed by atoms with Crippen LogP contribution < -0.4 is 4.90 Å². The summed E-state index contributed by atoms with van der Waals surface area (Å²) in [5.74, 6) is 0.177. The van der Waals surface area contributed by atoms with Gasteiger partial charge in [0.1, 0.15) is 0 Å². The summed E-state index contributed by atoms with van der Waals surface area (Å²) in [6, 6.07) is 17.0. The van der Waals surface area contributed by atoms with Gasteiger partial charge in [0.05, 0.1) is 6.54 Å². The monoisotopic (exact) mass is 308 g/mol. The van der Waals surface area contributed by atoms with E-state index < -0.39 is 0 Å². The van der Waals surface area contributed by atoms with Crippen LogP contribution in [0, 0.1) is 6.92 Å². The summed E-state index contributed by atoms with van der Waals surface area (Å²) in [6.45, 7) is 5.47. The standard InChI is InChI=1S/C20H24N2O/c1-15-8-10-17(11-9-15)16(2)21(3)14-20(23)22-13-12-18-6-4-5-7-19(18)22/h4-11,16H,12-14H2,1-3H3/t16-/m0/s1. The molecule has 1 atom stereocenters. The highest BCUT2D eigenvalue weighted by atomic mass is 16.2. The van der Waals surface area contributed by atoms with E-state index in [9.17, 15) is 4.79 Å². The molecule has 1 aliphatic heterocycles. The van der Waals surface area contributed by atoms with E-state index in [0.29, 0.717) is 6.54 Å². The molecule has 0 N–H and O–H groups in total. The lowest BCUT2D eigenvalue weighted by atomic mass is 10.1. The van der Waals surface area contributed by atoms with Crippen molar-refractivity contribution in [2.75, 3.05) is 25.0 Å². The molecule has 1 aliphatic rings.